The Bertz CT molecular complexity index is 354. The van der Waals surface area contributed by atoms with E-state index in [2.05, 4.69) is 51.6 Å². The third kappa shape index (κ3) is 2.48. The first-order valence-corrected chi connectivity index (χ1v) is 9.87. The maximum Gasteiger partial charge on any atom is 0.123 e. The fourth-order valence-corrected chi connectivity index (χ4v) is 7.24. The van der Waals surface area contributed by atoms with E-state index in [9.17, 15) is 0 Å². The predicted octanol–water partition coefficient (Wildman–Crippen LogP) is 4.68. The van der Waals surface area contributed by atoms with E-state index in [1.165, 1.54) is 32.1 Å². The van der Waals surface area contributed by atoms with E-state index >= 15 is 0 Å². The second-order valence-corrected chi connectivity index (χ2v) is 9.81. The molecule has 0 aromatic rings. The van der Waals surface area contributed by atoms with Crippen molar-refractivity contribution in [2.45, 2.75) is 93.0 Å². The van der Waals surface area contributed by atoms with Crippen LogP contribution in [0.25, 0.3) is 0 Å². The highest BCUT2D eigenvalue weighted by Crippen LogP contribution is 2.63. The number of hydrogen-bond donors (Lipinski definition) is 1. The van der Waals surface area contributed by atoms with Crippen molar-refractivity contribution in [2.75, 3.05) is 0 Å². The lowest BCUT2D eigenvalue weighted by molar-refractivity contribution is 0.171. The van der Waals surface area contributed by atoms with E-state index in [4.69, 9.17) is 12.6 Å². The van der Waals surface area contributed by atoms with Gasteiger partial charge in [-0.1, -0.05) is 50.7 Å². The number of hydrogen-bond acceptors (Lipinski definition) is 3. The van der Waals surface area contributed by atoms with Gasteiger partial charge in [-0.25, -0.2) is 0 Å². The molecule has 0 aromatic carbocycles. The minimum atomic E-state index is 0.409. The SMILES string of the molecule is CC(C)N1C(S)SC2C3[B]C(C(C)C)(CCCCC21)C3. The second kappa shape index (κ2) is 5.74. The predicted molar refractivity (Wildman–Crippen MR) is 95.0 cm³/mol. The van der Waals surface area contributed by atoms with Crippen molar-refractivity contribution in [1.82, 2.24) is 4.90 Å². The lowest BCUT2D eigenvalue weighted by atomic mass is 9.27. The van der Waals surface area contributed by atoms with E-state index in [0.717, 1.165) is 23.0 Å². The van der Waals surface area contributed by atoms with Gasteiger partial charge in [0.1, 0.15) is 12.0 Å². The maximum absolute atomic E-state index is 4.87. The summed E-state index contributed by atoms with van der Waals surface area (Å²) in [7, 11) is 2.75. The molecule has 4 heteroatoms. The van der Waals surface area contributed by atoms with Crippen molar-refractivity contribution < 1.29 is 0 Å². The number of nitrogens with zero attached hydrogens (tertiary/aromatic N) is 1. The summed E-state index contributed by atoms with van der Waals surface area (Å²) in [4.78, 5) is 2.67. The van der Waals surface area contributed by atoms with Gasteiger partial charge in [0.25, 0.3) is 0 Å². The lowest BCUT2D eigenvalue weighted by Gasteiger charge is -2.53. The van der Waals surface area contributed by atoms with Gasteiger partial charge in [0, 0.05) is 17.3 Å². The molecule has 1 saturated carbocycles. The summed E-state index contributed by atoms with van der Waals surface area (Å²) in [5, 5.41) is 1.36. The van der Waals surface area contributed by atoms with Crippen LogP contribution in [0.5, 0.6) is 0 Å². The number of thioether (sulfide) groups is 1. The Labute approximate surface area is 135 Å². The first kappa shape index (κ1) is 15.6. The highest BCUT2D eigenvalue weighted by Gasteiger charge is 2.55. The normalized spacial score (nSPS) is 45.4. The molecule has 4 aliphatic rings. The van der Waals surface area contributed by atoms with Crippen molar-refractivity contribution in [2.24, 2.45) is 5.92 Å². The highest BCUT2D eigenvalue weighted by atomic mass is 32.2. The molecule has 1 nitrogen and oxygen atoms in total. The van der Waals surface area contributed by atoms with Gasteiger partial charge in [0.2, 0.25) is 0 Å². The Morgan fingerprint density at radius 3 is 2.55 bits per heavy atom. The quantitative estimate of drug-likeness (QED) is 0.583. The molecule has 4 rings (SSSR count). The molecule has 4 fully saturated rings. The van der Waals surface area contributed by atoms with Crippen molar-refractivity contribution in [3.05, 3.63) is 0 Å². The monoisotopic (exact) mass is 310 g/mol. The average molecular weight is 310 g/mol. The molecule has 3 saturated heterocycles. The summed E-state index contributed by atoms with van der Waals surface area (Å²) >= 11 is 7.01. The van der Waals surface area contributed by atoms with Gasteiger partial charge in [-0.3, -0.25) is 4.90 Å². The molecule has 3 aliphatic heterocycles. The van der Waals surface area contributed by atoms with Crippen molar-refractivity contribution >= 4 is 31.7 Å². The average Bonchev–Trinajstić information content (AvgIpc) is 2.66. The number of rotatable bonds is 2. The summed E-state index contributed by atoms with van der Waals surface area (Å²) in [5.74, 6) is 1.65. The Hall–Kier alpha value is 0.725. The van der Waals surface area contributed by atoms with Gasteiger partial charge < -0.3 is 0 Å². The number of fused-ring (bicyclic) bond motifs is 3. The minimum absolute atomic E-state index is 0.409. The van der Waals surface area contributed by atoms with Gasteiger partial charge >= 0.3 is 0 Å². The van der Waals surface area contributed by atoms with Crippen LogP contribution in [-0.2, 0) is 0 Å². The Kier molecular flexibility index (Phi) is 4.48. The summed E-state index contributed by atoms with van der Waals surface area (Å²) < 4.78 is 0.409. The molecular formula is C16H29BNS2. The minimum Gasteiger partial charge on any atom is -0.277 e. The molecule has 1 aliphatic carbocycles. The van der Waals surface area contributed by atoms with E-state index in [0.29, 0.717) is 16.1 Å². The van der Waals surface area contributed by atoms with Crippen LogP contribution in [-0.4, -0.2) is 34.2 Å². The first-order valence-electron chi connectivity index (χ1n) is 8.41. The summed E-state index contributed by atoms with van der Waals surface area (Å²) in [6.45, 7) is 9.51. The van der Waals surface area contributed by atoms with Gasteiger partial charge in [-0.05, 0) is 26.2 Å². The third-order valence-corrected chi connectivity index (χ3v) is 8.11. The van der Waals surface area contributed by atoms with Crippen LogP contribution in [0.2, 0.25) is 11.1 Å². The van der Waals surface area contributed by atoms with Crippen molar-refractivity contribution in [3.8, 4) is 0 Å². The molecule has 113 valence electrons. The van der Waals surface area contributed by atoms with Crippen molar-refractivity contribution in [3.63, 3.8) is 0 Å². The van der Waals surface area contributed by atoms with Crippen molar-refractivity contribution in [1.29, 1.82) is 0 Å². The Morgan fingerprint density at radius 2 is 1.95 bits per heavy atom. The van der Waals surface area contributed by atoms with Gasteiger partial charge in [-0.2, -0.15) is 0 Å². The molecule has 5 atom stereocenters. The summed E-state index contributed by atoms with van der Waals surface area (Å²) in [6, 6.07) is 1.38. The van der Waals surface area contributed by atoms with Gasteiger partial charge in [-0.15, -0.1) is 24.4 Å². The summed E-state index contributed by atoms with van der Waals surface area (Å²) in [6.07, 6.45) is 7.06. The standard InChI is InChI=1S/C16H29BNS2/c1-10(2)16-8-6-5-7-13-14(12(9-16)17-16)20-15(19)18(13)11(3)4/h10-15,19H,5-9H2,1-4H3. The fourth-order valence-electron chi connectivity index (χ4n) is 4.73. The molecule has 20 heavy (non-hydrogen) atoms. The van der Waals surface area contributed by atoms with Crippen LogP contribution in [0.15, 0.2) is 0 Å². The van der Waals surface area contributed by atoms with Crippen LogP contribution in [0.3, 0.4) is 0 Å². The van der Waals surface area contributed by atoms with Crippen LogP contribution >= 0.6 is 24.4 Å². The van der Waals surface area contributed by atoms with E-state index in [1.807, 2.05) is 0 Å². The molecular weight excluding hydrogens is 281 g/mol. The molecule has 1 radical (unpaired) electrons. The highest BCUT2D eigenvalue weighted by molar-refractivity contribution is 8.11. The molecule has 3 heterocycles. The third-order valence-electron chi connectivity index (χ3n) is 6.02. The molecule has 5 unspecified atom stereocenters. The molecule has 0 spiro atoms. The van der Waals surface area contributed by atoms with Gasteiger partial charge in [0.05, 0.1) is 0 Å². The van der Waals surface area contributed by atoms with E-state index in [-0.39, 0.29) is 0 Å². The van der Waals surface area contributed by atoms with Gasteiger partial charge in [0.15, 0.2) is 0 Å². The zero-order valence-electron chi connectivity index (χ0n) is 13.4. The lowest BCUT2D eigenvalue weighted by Crippen LogP contribution is -2.48. The Balaban J connectivity index is 1.79. The zero-order chi connectivity index (χ0) is 14.5. The molecule has 0 aromatic heterocycles. The zero-order valence-corrected chi connectivity index (χ0v) is 15.1. The maximum atomic E-state index is 4.87. The van der Waals surface area contributed by atoms with E-state index < -0.39 is 0 Å². The van der Waals surface area contributed by atoms with E-state index in [1.54, 1.807) is 0 Å². The summed E-state index contributed by atoms with van der Waals surface area (Å²) in [5.41, 5.74) is 0. The largest absolute Gasteiger partial charge is 0.277 e. The first-order chi connectivity index (χ1) is 9.44. The van der Waals surface area contributed by atoms with Crippen LogP contribution < -0.4 is 0 Å². The van der Waals surface area contributed by atoms with Crippen LogP contribution in [0, 0.1) is 5.92 Å². The Morgan fingerprint density at radius 1 is 1.25 bits per heavy atom. The topological polar surface area (TPSA) is 3.24 Å². The fraction of sp³-hybridized carbons (Fsp3) is 1.00. The smallest absolute Gasteiger partial charge is 0.123 e. The molecule has 2 bridgehead atoms. The second-order valence-electron chi connectivity index (χ2n) is 7.70. The molecule has 0 N–H and O–H groups in total. The van der Waals surface area contributed by atoms with Crippen LogP contribution in [0.1, 0.15) is 59.8 Å². The van der Waals surface area contributed by atoms with Crippen LogP contribution in [0.4, 0.5) is 0 Å². The molecule has 0 amide bonds. The number of thiol groups is 1.